The van der Waals surface area contributed by atoms with E-state index in [1.54, 1.807) is 0 Å². The van der Waals surface area contributed by atoms with Crippen LogP contribution in [0.4, 0.5) is 0 Å². The second-order valence-corrected chi connectivity index (χ2v) is 13.4. The molecule has 10 nitrogen and oxygen atoms in total. The summed E-state index contributed by atoms with van der Waals surface area (Å²) in [6.07, 6.45) is 0.501. The summed E-state index contributed by atoms with van der Waals surface area (Å²) < 4.78 is 17.0. The van der Waals surface area contributed by atoms with Crippen LogP contribution in [0.15, 0.2) is 78.9 Å². The Morgan fingerprint density at radius 3 is 2.41 bits per heavy atom. The molecule has 6 atom stereocenters. The molecular weight excluding hydrogens is 622 g/mol. The topological polar surface area (TPSA) is 130 Å². The molecule has 49 heavy (non-hydrogen) atoms. The van der Waals surface area contributed by atoms with Gasteiger partial charge < -0.3 is 35.1 Å². The van der Waals surface area contributed by atoms with Crippen LogP contribution in [0.1, 0.15) is 47.6 Å². The third-order valence-corrected chi connectivity index (χ3v) is 9.90. The quantitative estimate of drug-likeness (QED) is 0.194. The maximum Gasteiger partial charge on any atom is 0.249 e. The molecule has 2 aliphatic heterocycles. The summed E-state index contributed by atoms with van der Waals surface area (Å²) >= 11 is 0. The molecular formula is C39H49N3O7. The number of morpholine rings is 1. The number of aliphatic hydroxyl groups excluding tert-OH is 2. The first-order chi connectivity index (χ1) is 23.9. The van der Waals surface area contributed by atoms with Crippen molar-refractivity contribution in [1.82, 2.24) is 15.5 Å². The summed E-state index contributed by atoms with van der Waals surface area (Å²) in [6, 6.07) is 24.0. The van der Waals surface area contributed by atoms with Crippen LogP contribution in [0.2, 0.25) is 0 Å². The van der Waals surface area contributed by atoms with E-state index >= 15 is 0 Å². The maximum atomic E-state index is 14.1. The van der Waals surface area contributed by atoms with E-state index in [-0.39, 0.29) is 18.2 Å². The lowest BCUT2D eigenvalue weighted by molar-refractivity contribution is -0.132. The smallest absolute Gasteiger partial charge is 0.249 e. The summed E-state index contributed by atoms with van der Waals surface area (Å²) in [7, 11) is 0. The molecule has 2 saturated heterocycles. The van der Waals surface area contributed by atoms with Crippen molar-refractivity contribution in [2.45, 2.75) is 68.9 Å². The van der Waals surface area contributed by atoms with Crippen LogP contribution in [-0.4, -0.2) is 97.3 Å². The zero-order chi connectivity index (χ0) is 34.0. The van der Waals surface area contributed by atoms with Crippen molar-refractivity contribution < 1.29 is 34.0 Å². The van der Waals surface area contributed by atoms with Gasteiger partial charge in [-0.15, -0.1) is 0 Å². The number of hydrogen-bond donors (Lipinski definition) is 4. The summed E-state index contributed by atoms with van der Waals surface area (Å²) in [5.41, 5.74) is 3.81. The second kappa shape index (κ2) is 17.2. The van der Waals surface area contributed by atoms with Crippen molar-refractivity contribution in [3.63, 3.8) is 0 Å². The highest BCUT2D eigenvalue weighted by molar-refractivity contribution is 5.81. The summed E-state index contributed by atoms with van der Waals surface area (Å²) in [6.45, 7) is 5.26. The van der Waals surface area contributed by atoms with E-state index in [1.165, 1.54) is 0 Å². The van der Waals surface area contributed by atoms with E-state index in [0.717, 1.165) is 67.3 Å². The van der Waals surface area contributed by atoms with Gasteiger partial charge in [-0.3, -0.25) is 14.5 Å². The Balaban J connectivity index is 1.16. The number of hydrogen-bond acceptors (Lipinski definition) is 8. The van der Waals surface area contributed by atoms with Gasteiger partial charge in [-0.2, -0.15) is 0 Å². The fourth-order valence-electron chi connectivity index (χ4n) is 7.09. The minimum atomic E-state index is -1.02. The first-order valence-electron chi connectivity index (χ1n) is 17.6. The highest BCUT2D eigenvalue weighted by atomic mass is 16.5. The number of carbonyl (C=O) groups excluding carboxylic acids is 2. The summed E-state index contributed by atoms with van der Waals surface area (Å²) in [5.74, 6) is -0.382. The average molecular weight is 672 g/mol. The third kappa shape index (κ3) is 9.67. The van der Waals surface area contributed by atoms with Crippen molar-refractivity contribution in [3.05, 3.63) is 101 Å². The second-order valence-electron chi connectivity index (χ2n) is 13.4. The van der Waals surface area contributed by atoms with E-state index < -0.39 is 36.3 Å². The molecule has 262 valence electrons. The standard InChI is InChI=1S/C39H49N3O7/c43-34(33(24-27-7-2-1-3-8-27)40-39(46)36-11-6-19-49-36)26-30(38(45)41-37-32-10-5-4-9-29(32)25-35(37)44)23-28-12-14-31(15-13-28)48-22-18-42-16-20-47-21-17-42/h1-5,7-10,12-15,30,33-37,43-44H,6,11,16-26H2,(H,40,46)(H,41,45)/t30?,33?,34?,35-,36?,37-/m0/s1. The third-order valence-electron chi connectivity index (χ3n) is 9.90. The lowest BCUT2D eigenvalue weighted by atomic mass is 9.88. The number of benzene rings is 3. The minimum Gasteiger partial charge on any atom is -0.492 e. The van der Waals surface area contributed by atoms with Gasteiger partial charge in [0.1, 0.15) is 18.5 Å². The van der Waals surface area contributed by atoms with Crippen molar-refractivity contribution in [3.8, 4) is 5.75 Å². The van der Waals surface area contributed by atoms with Crippen LogP contribution < -0.4 is 15.4 Å². The summed E-state index contributed by atoms with van der Waals surface area (Å²) in [4.78, 5) is 29.6. The summed E-state index contributed by atoms with van der Waals surface area (Å²) in [5, 5.41) is 28.8. The Morgan fingerprint density at radius 2 is 1.65 bits per heavy atom. The first-order valence-corrected chi connectivity index (χ1v) is 17.6. The fraction of sp³-hybridized carbons (Fsp3) is 0.487. The number of aliphatic hydroxyl groups is 2. The first kappa shape index (κ1) is 35.0. The molecule has 2 heterocycles. The Bertz CT molecular complexity index is 1490. The van der Waals surface area contributed by atoms with Gasteiger partial charge in [0.25, 0.3) is 0 Å². The number of fused-ring (bicyclic) bond motifs is 1. The number of nitrogens with zero attached hydrogens (tertiary/aromatic N) is 1. The SMILES string of the molecule is O=C(N[C@H]1c2ccccc2C[C@@H]1O)C(Cc1ccc(OCCN2CCOCC2)cc1)CC(O)C(Cc1ccccc1)NC(=O)C1CCCO1. The van der Waals surface area contributed by atoms with Crippen LogP contribution in [-0.2, 0) is 38.3 Å². The molecule has 1 aliphatic carbocycles. The van der Waals surface area contributed by atoms with Gasteiger partial charge in [-0.25, -0.2) is 0 Å². The van der Waals surface area contributed by atoms with Gasteiger partial charge in [0.15, 0.2) is 0 Å². The van der Waals surface area contributed by atoms with Crippen LogP contribution in [0.5, 0.6) is 5.75 Å². The van der Waals surface area contributed by atoms with E-state index in [4.69, 9.17) is 14.2 Å². The minimum absolute atomic E-state index is 0.109. The number of ether oxygens (including phenoxy) is 3. The lowest BCUT2D eigenvalue weighted by Crippen LogP contribution is -2.50. The monoisotopic (exact) mass is 671 g/mol. The van der Waals surface area contributed by atoms with Gasteiger partial charge >= 0.3 is 0 Å². The average Bonchev–Trinajstić information content (AvgIpc) is 3.78. The molecule has 0 aromatic heterocycles. The van der Waals surface area contributed by atoms with Gasteiger partial charge in [-0.1, -0.05) is 66.7 Å². The van der Waals surface area contributed by atoms with Gasteiger partial charge in [-0.05, 0) is 66.5 Å². The van der Waals surface area contributed by atoms with Gasteiger partial charge in [0, 0.05) is 38.6 Å². The molecule has 4 unspecified atom stereocenters. The van der Waals surface area contributed by atoms with E-state index in [0.29, 0.717) is 38.9 Å². The molecule has 3 aliphatic rings. The Kier molecular flexibility index (Phi) is 12.3. The molecule has 0 spiro atoms. The molecule has 6 rings (SSSR count). The molecule has 2 fully saturated rings. The van der Waals surface area contributed by atoms with Crippen LogP contribution in [0.3, 0.4) is 0 Å². The molecule has 3 aromatic rings. The largest absolute Gasteiger partial charge is 0.492 e. The van der Waals surface area contributed by atoms with Crippen LogP contribution in [0, 0.1) is 5.92 Å². The molecule has 0 radical (unpaired) electrons. The molecule has 2 amide bonds. The molecule has 10 heteroatoms. The fourth-order valence-corrected chi connectivity index (χ4v) is 7.09. The van der Waals surface area contributed by atoms with E-state index in [9.17, 15) is 19.8 Å². The van der Waals surface area contributed by atoms with E-state index in [2.05, 4.69) is 15.5 Å². The predicted octanol–water partition coefficient (Wildman–Crippen LogP) is 2.99. The van der Waals surface area contributed by atoms with E-state index in [1.807, 2.05) is 78.9 Å². The number of rotatable bonds is 15. The molecule has 4 N–H and O–H groups in total. The Morgan fingerprint density at radius 1 is 0.918 bits per heavy atom. The highest BCUT2D eigenvalue weighted by Gasteiger charge is 2.36. The van der Waals surface area contributed by atoms with Gasteiger partial charge in [0.05, 0.1) is 37.5 Å². The lowest BCUT2D eigenvalue weighted by Gasteiger charge is -2.29. The highest BCUT2D eigenvalue weighted by Crippen LogP contribution is 2.32. The predicted molar refractivity (Wildman–Crippen MR) is 185 cm³/mol. The number of carbonyl (C=O) groups is 2. The Labute approximate surface area is 288 Å². The maximum absolute atomic E-state index is 14.1. The number of amides is 2. The van der Waals surface area contributed by atoms with Crippen LogP contribution in [0.25, 0.3) is 0 Å². The van der Waals surface area contributed by atoms with Crippen molar-refractivity contribution >= 4 is 11.8 Å². The van der Waals surface area contributed by atoms with Crippen molar-refractivity contribution in [1.29, 1.82) is 0 Å². The molecule has 0 saturated carbocycles. The molecule has 0 bridgehead atoms. The van der Waals surface area contributed by atoms with Gasteiger partial charge in [0.2, 0.25) is 11.8 Å². The zero-order valence-corrected chi connectivity index (χ0v) is 28.0. The normalized spacial score (nSPS) is 22.5. The van der Waals surface area contributed by atoms with Crippen molar-refractivity contribution in [2.24, 2.45) is 5.92 Å². The Hall–Kier alpha value is -3.80. The van der Waals surface area contributed by atoms with Crippen LogP contribution >= 0.6 is 0 Å². The number of nitrogens with one attached hydrogen (secondary N) is 2. The van der Waals surface area contributed by atoms with Crippen molar-refractivity contribution in [2.75, 3.05) is 46.1 Å². The molecule has 3 aromatic carbocycles. The zero-order valence-electron chi connectivity index (χ0n) is 28.0.